The molecular formula is C16H14Cl2O2. The Hall–Kier alpha value is -1.51. The number of hydrogen-bond donors (Lipinski definition) is 0. The lowest BCUT2D eigenvalue weighted by Crippen LogP contribution is -2.06. The molecule has 0 amide bonds. The first kappa shape index (κ1) is 14.9. The second-order valence-corrected chi connectivity index (χ2v) is 5.20. The second kappa shape index (κ2) is 6.78. The van der Waals surface area contributed by atoms with Gasteiger partial charge in [-0.25, -0.2) is 0 Å². The first-order valence-corrected chi connectivity index (χ1v) is 7.10. The predicted molar refractivity (Wildman–Crippen MR) is 82.1 cm³/mol. The number of ether oxygens (including phenoxy) is 1. The number of halogens is 2. The fourth-order valence-electron chi connectivity index (χ4n) is 1.83. The molecule has 0 atom stereocenters. The summed E-state index contributed by atoms with van der Waals surface area (Å²) in [5.41, 5.74) is 0.967. The van der Waals surface area contributed by atoms with Gasteiger partial charge in [-0.05, 0) is 36.8 Å². The summed E-state index contributed by atoms with van der Waals surface area (Å²) in [7, 11) is 0. The van der Waals surface area contributed by atoms with Gasteiger partial charge in [0.2, 0.25) is 0 Å². The zero-order valence-electron chi connectivity index (χ0n) is 11.0. The van der Waals surface area contributed by atoms with Crippen LogP contribution in [-0.4, -0.2) is 12.4 Å². The van der Waals surface area contributed by atoms with Crippen LogP contribution >= 0.6 is 23.2 Å². The summed E-state index contributed by atoms with van der Waals surface area (Å²) in [5, 5.41) is 0.876. The average molecular weight is 309 g/mol. The van der Waals surface area contributed by atoms with Crippen LogP contribution in [0.5, 0.6) is 5.75 Å². The minimum Gasteiger partial charge on any atom is -0.493 e. The second-order valence-electron chi connectivity index (χ2n) is 4.33. The Morgan fingerprint density at radius 1 is 1.10 bits per heavy atom. The Labute approximate surface area is 128 Å². The number of para-hydroxylation sites is 1. The minimum absolute atomic E-state index is 0.152. The van der Waals surface area contributed by atoms with Crippen molar-refractivity contribution < 1.29 is 9.53 Å². The van der Waals surface area contributed by atoms with E-state index in [1.54, 1.807) is 36.4 Å². The fraction of sp³-hybridized carbons (Fsp3) is 0.188. The number of carbonyl (C=O) groups excluding carboxylic acids is 1. The maximum atomic E-state index is 12.5. The molecule has 2 nitrogen and oxygen atoms in total. The molecule has 0 aliphatic carbocycles. The zero-order chi connectivity index (χ0) is 14.5. The predicted octanol–water partition coefficient (Wildman–Crippen LogP) is 5.01. The van der Waals surface area contributed by atoms with Crippen molar-refractivity contribution in [1.29, 1.82) is 0 Å². The third-order valence-electron chi connectivity index (χ3n) is 2.72. The van der Waals surface area contributed by atoms with Crippen molar-refractivity contribution in [2.24, 2.45) is 0 Å². The van der Waals surface area contributed by atoms with Crippen LogP contribution in [0.25, 0.3) is 0 Å². The van der Waals surface area contributed by atoms with Gasteiger partial charge in [0.25, 0.3) is 0 Å². The molecule has 2 aromatic carbocycles. The quantitative estimate of drug-likeness (QED) is 0.725. The third kappa shape index (κ3) is 3.53. The molecule has 104 valence electrons. The van der Waals surface area contributed by atoms with Gasteiger partial charge in [0.1, 0.15) is 5.75 Å². The molecule has 0 unspecified atom stereocenters. The SMILES string of the molecule is CCCOc1ccccc1C(=O)c1cc(Cl)cc(Cl)c1. The normalized spacial score (nSPS) is 10.3. The highest BCUT2D eigenvalue weighted by atomic mass is 35.5. The van der Waals surface area contributed by atoms with Crippen molar-refractivity contribution in [3.05, 3.63) is 63.6 Å². The lowest BCUT2D eigenvalue weighted by Gasteiger charge is -2.10. The van der Waals surface area contributed by atoms with Gasteiger partial charge in [-0.2, -0.15) is 0 Å². The Morgan fingerprint density at radius 3 is 2.40 bits per heavy atom. The Kier molecular flexibility index (Phi) is 5.05. The highest BCUT2D eigenvalue weighted by Crippen LogP contribution is 2.25. The van der Waals surface area contributed by atoms with Crippen LogP contribution in [0.2, 0.25) is 10.0 Å². The van der Waals surface area contributed by atoms with Gasteiger partial charge < -0.3 is 4.74 Å². The van der Waals surface area contributed by atoms with E-state index in [4.69, 9.17) is 27.9 Å². The van der Waals surface area contributed by atoms with E-state index in [-0.39, 0.29) is 5.78 Å². The van der Waals surface area contributed by atoms with Crippen LogP contribution in [0.4, 0.5) is 0 Å². The molecule has 0 radical (unpaired) electrons. The lowest BCUT2D eigenvalue weighted by atomic mass is 10.0. The summed E-state index contributed by atoms with van der Waals surface area (Å²) in [4.78, 5) is 12.5. The summed E-state index contributed by atoms with van der Waals surface area (Å²) in [6.45, 7) is 2.59. The van der Waals surface area contributed by atoms with Crippen LogP contribution < -0.4 is 4.74 Å². The molecule has 0 fully saturated rings. The summed E-state index contributed by atoms with van der Waals surface area (Å²) in [5.74, 6) is 0.427. The van der Waals surface area contributed by atoms with E-state index in [0.29, 0.717) is 33.5 Å². The summed E-state index contributed by atoms with van der Waals surface area (Å²) < 4.78 is 5.60. The third-order valence-corrected chi connectivity index (χ3v) is 3.15. The fourth-order valence-corrected chi connectivity index (χ4v) is 2.36. The van der Waals surface area contributed by atoms with E-state index in [1.807, 2.05) is 13.0 Å². The monoisotopic (exact) mass is 308 g/mol. The number of carbonyl (C=O) groups is 1. The molecule has 0 N–H and O–H groups in total. The van der Waals surface area contributed by atoms with Crippen molar-refractivity contribution in [2.45, 2.75) is 13.3 Å². The Bertz CT molecular complexity index is 603. The van der Waals surface area contributed by atoms with Gasteiger partial charge in [-0.3, -0.25) is 4.79 Å². The van der Waals surface area contributed by atoms with Crippen molar-refractivity contribution in [1.82, 2.24) is 0 Å². The van der Waals surface area contributed by atoms with E-state index in [0.717, 1.165) is 6.42 Å². The van der Waals surface area contributed by atoms with E-state index < -0.39 is 0 Å². The van der Waals surface area contributed by atoms with Crippen molar-refractivity contribution in [3.63, 3.8) is 0 Å². The highest BCUT2D eigenvalue weighted by molar-refractivity contribution is 6.35. The van der Waals surface area contributed by atoms with Crippen LogP contribution in [0.1, 0.15) is 29.3 Å². The van der Waals surface area contributed by atoms with Crippen molar-refractivity contribution >= 4 is 29.0 Å². The van der Waals surface area contributed by atoms with Crippen LogP contribution in [0.3, 0.4) is 0 Å². The first-order valence-electron chi connectivity index (χ1n) is 6.34. The maximum Gasteiger partial charge on any atom is 0.196 e. The standard InChI is InChI=1S/C16H14Cl2O2/c1-2-7-20-15-6-4-3-5-14(15)16(19)11-8-12(17)10-13(18)9-11/h3-6,8-10H,2,7H2,1H3. The topological polar surface area (TPSA) is 26.3 Å². The lowest BCUT2D eigenvalue weighted by molar-refractivity contribution is 0.103. The molecule has 0 aromatic heterocycles. The number of hydrogen-bond acceptors (Lipinski definition) is 2. The summed E-state index contributed by atoms with van der Waals surface area (Å²) >= 11 is 11.9. The van der Waals surface area contributed by atoms with Crippen molar-refractivity contribution in [3.8, 4) is 5.75 Å². The molecule has 0 heterocycles. The molecule has 4 heteroatoms. The van der Waals surface area contributed by atoms with E-state index in [9.17, 15) is 4.79 Å². The van der Waals surface area contributed by atoms with E-state index in [1.165, 1.54) is 0 Å². The highest BCUT2D eigenvalue weighted by Gasteiger charge is 2.15. The van der Waals surface area contributed by atoms with Gasteiger partial charge >= 0.3 is 0 Å². The van der Waals surface area contributed by atoms with E-state index >= 15 is 0 Å². The van der Waals surface area contributed by atoms with Crippen LogP contribution in [-0.2, 0) is 0 Å². The Morgan fingerprint density at radius 2 is 1.75 bits per heavy atom. The number of benzene rings is 2. The largest absolute Gasteiger partial charge is 0.493 e. The van der Waals surface area contributed by atoms with Gasteiger partial charge in [0.15, 0.2) is 5.78 Å². The molecule has 2 aromatic rings. The van der Waals surface area contributed by atoms with Gasteiger partial charge in [0.05, 0.1) is 12.2 Å². The minimum atomic E-state index is -0.152. The molecule has 20 heavy (non-hydrogen) atoms. The number of rotatable bonds is 5. The molecule has 0 aliphatic rings. The van der Waals surface area contributed by atoms with Crippen molar-refractivity contribution in [2.75, 3.05) is 6.61 Å². The van der Waals surface area contributed by atoms with Gasteiger partial charge in [0, 0.05) is 15.6 Å². The van der Waals surface area contributed by atoms with Gasteiger partial charge in [-0.15, -0.1) is 0 Å². The zero-order valence-corrected chi connectivity index (χ0v) is 12.5. The molecule has 2 rings (SSSR count). The first-order chi connectivity index (χ1) is 9.61. The number of ketones is 1. The molecule has 0 bridgehead atoms. The molecule has 0 aliphatic heterocycles. The average Bonchev–Trinajstić information content (AvgIpc) is 2.43. The molecule has 0 saturated carbocycles. The summed E-state index contributed by atoms with van der Waals surface area (Å²) in [6, 6.07) is 12.0. The smallest absolute Gasteiger partial charge is 0.196 e. The molecular weight excluding hydrogens is 295 g/mol. The summed E-state index contributed by atoms with van der Waals surface area (Å²) in [6.07, 6.45) is 0.880. The Balaban J connectivity index is 2.37. The van der Waals surface area contributed by atoms with Gasteiger partial charge in [-0.1, -0.05) is 42.3 Å². The molecule has 0 spiro atoms. The van der Waals surface area contributed by atoms with Crippen LogP contribution in [0, 0.1) is 0 Å². The molecule has 0 saturated heterocycles. The van der Waals surface area contributed by atoms with E-state index in [2.05, 4.69) is 0 Å². The maximum absolute atomic E-state index is 12.5. The van der Waals surface area contributed by atoms with Crippen LogP contribution in [0.15, 0.2) is 42.5 Å².